The van der Waals surface area contributed by atoms with Crippen LogP contribution in [0.25, 0.3) is 5.78 Å². The van der Waals surface area contributed by atoms with Crippen LogP contribution in [-0.4, -0.2) is 19.1 Å². The number of nitrogens with zero attached hydrogens (tertiary/aromatic N) is 3. The molecule has 0 saturated carbocycles. The lowest BCUT2D eigenvalue weighted by molar-refractivity contribution is -0.110. The molecule has 0 saturated heterocycles. The summed E-state index contributed by atoms with van der Waals surface area (Å²) in [7, 11) is 1.94. The summed E-state index contributed by atoms with van der Waals surface area (Å²) in [6.45, 7) is 3.80. The summed E-state index contributed by atoms with van der Waals surface area (Å²) in [5, 5.41) is 1.10. The fraction of sp³-hybridized carbons (Fsp3) is 0.400. The van der Waals surface area contributed by atoms with Crippen LogP contribution in [0.3, 0.4) is 0 Å². The van der Waals surface area contributed by atoms with Gasteiger partial charge in [-0.25, -0.2) is 4.98 Å². The zero-order valence-corrected chi connectivity index (χ0v) is 9.84. The summed E-state index contributed by atoms with van der Waals surface area (Å²) in [6, 6.07) is 0. The number of hydrogen-bond donors (Lipinski definition) is 0. The highest BCUT2D eigenvalue weighted by Crippen LogP contribution is 2.25. The van der Waals surface area contributed by atoms with Gasteiger partial charge in [-0.05, 0) is 18.7 Å². The third-order valence-electron chi connectivity index (χ3n) is 2.27. The topological polar surface area (TPSA) is 39.3 Å². The van der Waals surface area contributed by atoms with E-state index in [2.05, 4.69) is 4.98 Å². The Labute approximate surface area is 92.3 Å². The van der Waals surface area contributed by atoms with Crippen molar-refractivity contribution in [3.8, 4) is 0 Å². The van der Waals surface area contributed by atoms with Crippen LogP contribution >= 0.6 is 11.8 Å². The van der Waals surface area contributed by atoms with Gasteiger partial charge in [0.25, 0.3) is 0 Å². The largest absolute Gasteiger partial charge is 0.320 e. The number of carbonyl (C=O) groups is 1. The van der Waals surface area contributed by atoms with Gasteiger partial charge in [0.2, 0.25) is 5.78 Å². The zero-order valence-electron chi connectivity index (χ0n) is 9.02. The van der Waals surface area contributed by atoms with Crippen LogP contribution in [0.1, 0.15) is 19.0 Å². The molecular weight excluding hydrogens is 210 g/mol. The minimum atomic E-state index is 0.170. The maximum Gasteiger partial charge on any atom is 0.214 e. The normalized spacial score (nSPS) is 11.1. The Balaban J connectivity index is 2.49. The van der Waals surface area contributed by atoms with E-state index in [1.807, 2.05) is 42.3 Å². The van der Waals surface area contributed by atoms with Gasteiger partial charge in [-0.15, -0.1) is 0 Å². The average molecular weight is 223 g/mol. The molecule has 80 valence electrons. The first-order valence-corrected chi connectivity index (χ1v) is 5.65. The second kappa shape index (κ2) is 3.73. The van der Waals surface area contributed by atoms with Crippen molar-refractivity contribution in [2.24, 2.45) is 7.05 Å². The first-order chi connectivity index (χ1) is 7.13. The molecule has 0 bridgehead atoms. The van der Waals surface area contributed by atoms with Crippen LogP contribution in [0.4, 0.5) is 0 Å². The summed E-state index contributed by atoms with van der Waals surface area (Å²) in [5.74, 6) is 0.874. The van der Waals surface area contributed by atoms with Crippen molar-refractivity contribution in [2.75, 3.05) is 0 Å². The van der Waals surface area contributed by atoms with Gasteiger partial charge in [0.1, 0.15) is 5.03 Å². The Morgan fingerprint density at radius 1 is 1.53 bits per heavy atom. The molecule has 2 heterocycles. The van der Waals surface area contributed by atoms with Gasteiger partial charge >= 0.3 is 0 Å². The summed E-state index contributed by atoms with van der Waals surface area (Å²) in [5.41, 5.74) is 0.910. The van der Waals surface area contributed by atoms with Crippen LogP contribution in [0.2, 0.25) is 0 Å². The molecule has 0 aliphatic carbocycles. The van der Waals surface area contributed by atoms with Crippen LogP contribution < -0.4 is 0 Å². The minimum Gasteiger partial charge on any atom is -0.320 e. The first-order valence-electron chi connectivity index (χ1n) is 4.84. The maximum absolute atomic E-state index is 11.4. The molecule has 0 N–H and O–H groups in total. The number of fused-ring (bicyclic) bond motifs is 1. The van der Waals surface area contributed by atoms with Crippen molar-refractivity contribution in [3.63, 3.8) is 0 Å². The Kier molecular flexibility index (Phi) is 2.56. The Morgan fingerprint density at radius 2 is 2.27 bits per heavy atom. The second-order valence-electron chi connectivity index (χ2n) is 3.41. The summed E-state index contributed by atoms with van der Waals surface area (Å²) >= 11 is 1.27. The first kappa shape index (κ1) is 10.3. The monoisotopic (exact) mass is 223 g/mol. The molecule has 2 rings (SSSR count). The summed E-state index contributed by atoms with van der Waals surface area (Å²) < 4.78 is 3.89. The van der Waals surface area contributed by atoms with Gasteiger partial charge in [0.05, 0.1) is 5.69 Å². The molecular formula is C10H13N3OS. The molecule has 0 aliphatic heterocycles. The number of thioether (sulfide) groups is 1. The average Bonchev–Trinajstić information content (AvgIpc) is 2.70. The Hall–Kier alpha value is -1.23. The minimum absolute atomic E-state index is 0.170. The SMILES string of the molecule is CCC(=O)Sc1c(C)nc2n(C)ccn12. The molecule has 0 spiro atoms. The lowest BCUT2D eigenvalue weighted by Gasteiger charge is -1.97. The van der Waals surface area contributed by atoms with Crippen molar-refractivity contribution in [1.82, 2.24) is 14.0 Å². The van der Waals surface area contributed by atoms with Crippen LogP contribution in [0.5, 0.6) is 0 Å². The van der Waals surface area contributed by atoms with E-state index in [0.29, 0.717) is 6.42 Å². The highest BCUT2D eigenvalue weighted by Gasteiger charge is 2.14. The summed E-state index contributed by atoms with van der Waals surface area (Å²) in [6.07, 6.45) is 4.41. The number of rotatable bonds is 2. The van der Waals surface area contributed by atoms with Crippen molar-refractivity contribution in [3.05, 3.63) is 18.1 Å². The molecule has 0 amide bonds. The van der Waals surface area contributed by atoms with Crippen LogP contribution in [0.15, 0.2) is 17.4 Å². The lowest BCUT2D eigenvalue weighted by atomic mass is 10.5. The van der Waals surface area contributed by atoms with Gasteiger partial charge in [0.15, 0.2) is 5.12 Å². The fourth-order valence-corrected chi connectivity index (χ4v) is 2.23. The Bertz CT molecular complexity index is 512. The third kappa shape index (κ3) is 1.67. The molecule has 0 aromatic carbocycles. The molecule has 0 unspecified atom stereocenters. The number of hydrogen-bond acceptors (Lipinski definition) is 3. The highest BCUT2D eigenvalue weighted by molar-refractivity contribution is 8.13. The molecule has 2 aromatic heterocycles. The van der Waals surface area contributed by atoms with Crippen molar-refractivity contribution < 1.29 is 4.79 Å². The standard InChI is InChI=1S/C10H13N3OS/c1-4-8(14)15-9-7(2)11-10-12(3)5-6-13(9)10/h5-6H,4H2,1-3H3. The van der Waals surface area contributed by atoms with Gasteiger partial charge in [0, 0.05) is 25.9 Å². The fourth-order valence-electron chi connectivity index (χ4n) is 1.44. The Morgan fingerprint density at radius 3 is 2.93 bits per heavy atom. The molecule has 15 heavy (non-hydrogen) atoms. The van der Waals surface area contributed by atoms with Crippen LogP contribution in [0, 0.1) is 6.92 Å². The predicted molar refractivity (Wildman–Crippen MR) is 60.1 cm³/mol. The van der Waals surface area contributed by atoms with E-state index in [-0.39, 0.29) is 5.12 Å². The molecule has 0 radical (unpaired) electrons. The highest BCUT2D eigenvalue weighted by atomic mass is 32.2. The van der Waals surface area contributed by atoms with E-state index >= 15 is 0 Å². The number of aryl methyl sites for hydroxylation is 2. The summed E-state index contributed by atoms with van der Waals surface area (Å²) in [4.78, 5) is 15.8. The van der Waals surface area contributed by atoms with Gasteiger partial charge in [-0.1, -0.05) is 6.92 Å². The molecule has 5 heteroatoms. The molecule has 0 aliphatic rings. The zero-order chi connectivity index (χ0) is 11.0. The smallest absolute Gasteiger partial charge is 0.214 e. The molecule has 0 atom stereocenters. The third-order valence-corrected chi connectivity index (χ3v) is 3.47. The quantitative estimate of drug-likeness (QED) is 0.731. The van der Waals surface area contributed by atoms with E-state index in [1.54, 1.807) is 0 Å². The number of aromatic nitrogens is 3. The molecule has 0 fully saturated rings. The van der Waals surface area contributed by atoms with Crippen molar-refractivity contribution in [2.45, 2.75) is 25.3 Å². The van der Waals surface area contributed by atoms with Gasteiger partial charge in [-0.3, -0.25) is 9.20 Å². The maximum atomic E-state index is 11.4. The van der Waals surface area contributed by atoms with Gasteiger partial charge in [-0.2, -0.15) is 0 Å². The predicted octanol–water partition coefficient (Wildman–Crippen LogP) is 2.01. The van der Waals surface area contributed by atoms with Crippen molar-refractivity contribution in [1.29, 1.82) is 0 Å². The number of imidazole rings is 2. The van der Waals surface area contributed by atoms with Crippen LogP contribution in [-0.2, 0) is 11.8 Å². The van der Waals surface area contributed by atoms with E-state index in [9.17, 15) is 4.79 Å². The molecule has 2 aromatic rings. The van der Waals surface area contributed by atoms with Gasteiger partial charge < -0.3 is 4.57 Å². The molecule has 4 nitrogen and oxygen atoms in total. The van der Waals surface area contributed by atoms with E-state index in [0.717, 1.165) is 16.5 Å². The lowest BCUT2D eigenvalue weighted by Crippen LogP contribution is -1.91. The second-order valence-corrected chi connectivity index (χ2v) is 4.46. The van der Waals surface area contributed by atoms with E-state index in [4.69, 9.17) is 0 Å². The van der Waals surface area contributed by atoms with Crippen molar-refractivity contribution >= 4 is 22.7 Å². The van der Waals surface area contributed by atoms with E-state index < -0.39 is 0 Å². The van der Waals surface area contributed by atoms with E-state index in [1.165, 1.54) is 11.8 Å². The number of carbonyl (C=O) groups excluding carboxylic acids is 1.